The zero-order chi connectivity index (χ0) is 18.5. The molecule has 0 aliphatic rings. The van der Waals surface area contributed by atoms with Gasteiger partial charge in [-0.15, -0.1) is 0 Å². The van der Waals surface area contributed by atoms with E-state index in [0.29, 0.717) is 16.5 Å². The highest BCUT2D eigenvalue weighted by molar-refractivity contribution is 6.33. The van der Waals surface area contributed by atoms with Crippen LogP contribution in [0.3, 0.4) is 0 Å². The fraction of sp³-hybridized carbons (Fsp3) is 0.238. The quantitative estimate of drug-likeness (QED) is 0.692. The monoisotopic (exact) mass is 367 g/mol. The summed E-state index contributed by atoms with van der Waals surface area (Å²) < 4.78 is 0. The van der Waals surface area contributed by atoms with Crippen LogP contribution in [0, 0.1) is 0 Å². The van der Waals surface area contributed by atoms with E-state index in [2.05, 4.69) is 41.0 Å². The molecule has 1 N–H and O–H groups in total. The van der Waals surface area contributed by atoms with Crippen molar-refractivity contribution in [3.05, 3.63) is 75.5 Å². The van der Waals surface area contributed by atoms with Crippen LogP contribution in [0.4, 0.5) is 0 Å². The van der Waals surface area contributed by atoms with E-state index < -0.39 is 0 Å². The van der Waals surface area contributed by atoms with Crippen LogP contribution in [0.25, 0.3) is 22.6 Å². The minimum Gasteiger partial charge on any atom is -0.306 e. The number of hydrogen-bond acceptors (Lipinski definition) is 3. The van der Waals surface area contributed by atoms with E-state index in [4.69, 9.17) is 11.6 Å². The van der Waals surface area contributed by atoms with Gasteiger partial charge in [0.25, 0.3) is 5.56 Å². The van der Waals surface area contributed by atoms with Gasteiger partial charge in [0.05, 0.1) is 5.69 Å². The SMILES string of the molecule is CCCN(C)Cc1ccc(-c2nc(-c3ccccc3Cl)cc(=O)[nH]2)cc1. The molecule has 0 radical (unpaired) electrons. The maximum absolute atomic E-state index is 12.1. The first-order valence-corrected chi connectivity index (χ1v) is 9.08. The highest BCUT2D eigenvalue weighted by Gasteiger charge is 2.09. The fourth-order valence-corrected chi connectivity index (χ4v) is 3.17. The Hall–Kier alpha value is -2.43. The Labute approximate surface area is 158 Å². The number of hydrogen-bond donors (Lipinski definition) is 1. The summed E-state index contributed by atoms with van der Waals surface area (Å²) in [5.41, 5.74) is 3.23. The number of benzene rings is 2. The van der Waals surface area contributed by atoms with E-state index in [0.717, 1.165) is 30.6 Å². The second-order valence-electron chi connectivity index (χ2n) is 6.39. The number of nitrogens with one attached hydrogen (secondary N) is 1. The Bertz CT molecular complexity index is 934. The molecular formula is C21H22ClN3O. The normalized spacial score (nSPS) is 11.1. The smallest absolute Gasteiger partial charge is 0.251 e. The van der Waals surface area contributed by atoms with Crippen molar-refractivity contribution in [3.8, 4) is 22.6 Å². The van der Waals surface area contributed by atoms with Crippen molar-refractivity contribution in [2.45, 2.75) is 19.9 Å². The molecule has 26 heavy (non-hydrogen) atoms. The third-order valence-corrected chi connectivity index (χ3v) is 4.51. The van der Waals surface area contributed by atoms with E-state index in [9.17, 15) is 4.79 Å². The lowest BCUT2D eigenvalue weighted by Crippen LogP contribution is -2.18. The number of halogens is 1. The summed E-state index contributed by atoms with van der Waals surface area (Å²) >= 11 is 6.25. The number of H-pyrrole nitrogens is 1. The van der Waals surface area contributed by atoms with Crippen LogP contribution >= 0.6 is 11.6 Å². The third-order valence-electron chi connectivity index (χ3n) is 4.18. The fourth-order valence-electron chi connectivity index (χ4n) is 2.94. The highest BCUT2D eigenvalue weighted by Crippen LogP contribution is 2.26. The Balaban J connectivity index is 1.90. The van der Waals surface area contributed by atoms with Crippen molar-refractivity contribution in [2.75, 3.05) is 13.6 Å². The molecule has 4 nitrogen and oxygen atoms in total. The van der Waals surface area contributed by atoms with E-state index in [1.165, 1.54) is 11.6 Å². The van der Waals surface area contributed by atoms with Crippen LogP contribution in [0.15, 0.2) is 59.4 Å². The Morgan fingerprint density at radius 3 is 2.54 bits per heavy atom. The number of nitrogens with zero attached hydrogens (tertiary/aromatic N) is 2. The summed E-state index contributed by atoms with van der Waals surface area (Å²) in [6.45, 7) is 4.14. The average Bonchev–Trinajstić information content (AvgIpc) is 2.62. The van der Waals surface area contributed by atoms with Crippen molar-refractivity contribution < 1.29 is 0 Å². The largest absolute Gasteiger partial charge is 0.306 e. The molecule has 1 heterocycles. The van der Waals surface area contributed by atoms with E-state index in [-0.39, 0.29) is 5.56 Å². The molecule has 3 aromatic rings. The minimum absolute atomic E-state index is 0.198. The maximum Gasteiger partial charge on any atom is 0.251 e. The van der Waals surface area contributed by atoms with Crippen molar-refractivity contribution in [2.24, 2.45) is 0 Å². The van der Waals surface area contributed by atoms with Gasteiger partial charge in [0.1, 0.15) is 5.82 Å². The van der Waals surface area contributed by atoms with Gasteiger partial charge in [0.15, 0.2) is 0 Å². The first-order chi connectivity index (χ1) is 12.6. The van der Waals surface area contributed by atoms with Crippen LogP contribution in [0.2, 0.25) is 5.02 Å². The summed E-state index contributed by atoms with van der Waals surface area (Å²) in [5.74, 6) is 0.542. The van der Waals surface area contributed by atoms with Gasteiger partial charge in [-0.25, -0.2) is 4.98 Å². The molecule has 0 atom stereocenters. The molecular weight excluding hydrogens is 346 g/mol. The first-order valence-electron chi connectivity index (χ1n) is 8.71. The summed E-state index contributed by atoms with van der Waals surface area (Å²) in [5, 5.41) is 0.575. The molecule has 0 aliphatic heterocycles. The van der Waals surface area contributed by atoms with Crippen LogP contribution in [0.5, 0.6) is 0 Å². The predicted molar refractivity (Wildman–Crippen MR) is 107 cm³/mol. The number of rotatable bonds is 6. The van der Waals surface area contributed by atoms with Crippen molar-refractivity contribution in [1.82, 2.24) is 14.9 Å². The van der Waals surface area contributed by atoms with Gasteiger partial charge in [-0.1, -0.05) is 61.0 Å². The van der Waals surface area contributed by atoms with Crippen molar-refractivity contribution in [1.29, 1.82) is 0 Å². The van der Waals surface area contributed by atoms with Crippen molar-refractivity contribution >= 4 is 11.6 Å². The van der Waals surface area contributed by atoms with Crippen molar-refractivity contribution in [3.63, 3.8) is 0 Å². The Morgan fingerprint density at radius 1 is 1.12 bits per heavy atom. The van der Waals surface area contributed by atoms with E-state index in [1.54, 1.807) is 6.07 Å². The zero-order valence-corrected chi connectivity index (χ0v) is 15.8. The topological polar surface area (TPSA) is 49.0 Å². The van der Waals surface area contributed by atoms with Gasteiger partial charge < -0.3 is 9.88 Å². The van der Waals surface area contributed by atoms with Gasteiger partial charge in [0.2, 0.25) is 0 Å². The van der Waals surface area contributed by atoms with E-state index >= 15 is 0 Å². The molecule has 0 saturated carbocycles. The molecule has 0 bridgehead atoms. The van der Waals surface area contributed by atoms with Crippen LogP contribution in [-0.4, -0.2) is 28.5 Å². The van der Waals surface area contributed by atoms with E-state index in [1.807, 2.05) is 30.3 Å². The molecule has 0 amide bonds. The second-order valence-corrected chi connectivity index (χ2v) is 6.80. The molecule has 1 aromatic heterocycles. The lowest BCUT2D eigenvalue weighted by molar-refractivity contribution is 0.327. The molecule has 0 fully saturated rings. The van der Waals surface area contributed by atoms with Gasteiger partial charge in [0, 0.05) is 28.8 Å². The number of aromatic amines is 1. The maximum atomic E-state index is 12.1. The lowest BCUT2D eigenvalue weighted by atomic mass is 10.1. The Kier molecular flexibility index (Phi) is 5.86. The predicted octanol–water partition coefficient (Wildman–Crippen LogP) is 4.60. The summed E-state index contributed by atoms with van der Waals surface area (Å²) in [4.78, 5) is 21.8. The molecule has 0 spiro atoms. The van der Waals surface area contributed by atoms with Gasteiger partial charge in [-0.05, 0) is 31.6 Å². The first kappa shape index (κ1) is 18.4. The third kappa shape index (κ3) is 4.40. The van der Waals surface area contributed by atoms with Gasteiger partial charge in [-0.3, -0.25) is 4.79 Å². The summed E-state index contributed by atoms with van der Waals surface area (Å²) in [7, 11) is 2.11. The van der Waals surface area contributed by atoms with Crippen LogP contribution < -0.4 is 5.56 Å². The molecule has 134 valence electrons. The molecule has 0 saturated heterocycles. The van der Waals surface area contributed by atoms with Gasteiger partial charge >= 0.3 is 0 Å². The van der Waals surface area contributed by atoms with Crippen LogP contribution in [-0.2, 0) is 6.54 Å². The molecule has 2 aromatic carbocycles. The van der Waals surface area contributed by atoms with Gasteiger partial charge in [-0.2, -0.15) is 0 Å². The zero-order valence-electron chi connectivity index (χ0n) is 15.0. The molecule has 3 rings (SSSR count). The summed E-state index contributed by atoms with van der Waals surface area (Å²) in [6.07, 6.45) is 1.13. The number of aromatic nitrogens is 2. The molecule has 0 aliphatic carbocycles. The lowest BCUT2D eigenvalue weighted by Gasteiger charge is -2.15. The summed E-state index contributed by atoms with van der Waals surface area (Å²) in [6, 6.07) is 17.0. The Morgan fingerprint density at radius 2 is 1.85 bits per heavy atom. The average molecular weight is 368 g/mol. The minimum atomic E-state index is -0.198. The second kappa shape index (κ2) is 8.30. The van der Waals surface area contributed by atoms with Crippen LogP contribution in [0.1, 0.15) is 18.9 Å². The standard InChI is InChI=1S/C21H22ClN3O/c1-3-12-25(2)14-15-8-10-16(11-9-15)21-23-19(13-20(26)24-21)17-6-4-5-7-18(17)22/h4-11,13H,3,12,14H2,1-2H3,(H,23,24,26). The highest BCUT2D eigenvalue weighted by atomic mass is 35.5. The molecule has 5 heteroatoms. The molecule has 0 unspecified atom stereocenters.